The van der Waals surface area contributed by atoms with Crippen LogP contribution < -0.4 is 26.6 Å². The normalized spacial score (nSPS) is 20.4. The summed E-state index contributed by atoms with van der Waals surface area (Å²) in [5.74, 6) is 3.37. The van der Waals surface area contributed by atoms with Crippen LogP contribution in [0.2, 0.25) is 0 Å². The summed E-state index contributed by atoms with van der Waals surface area (Å²) in [5, 5.41) is 70.5. The summed E-state index contributed by atoms with van der Waals surface area (Å²) >= 11 is 0. The van der Waals surface area contributed by atoms with Crippen molar-refractivity contribution in [3.05, 3.63) is 163 Å². The Labute approximate surface area is 587 Å². The van der Waals surface area contributed by atoms with Gasteiger partial charge in [-0.05, 0) is 204 Å². The van der Waals surface area contributed by atoms with Crippen LogP contribution in [0.4, 0.5) is 0 Å². The molecule has 5 aromatic carbocycles. The summed E-state index contributed by atoms with van der Waals surface area (Å²) < 4.78 is 0. The maximum absolute atomic E-state index is 11.3. The van der Waals surface area contributed by atoms with Crippen LogP contribution in [0.15, 0.2) is 91.0 Å². The van der Waals surface area contributed by atoms with Gasteiger partial charge in [-0.15, -0.1) is 0 Å². The molecule has 0 radical (unpaired) electrons. The molecule has 542 valence electrons. The summed E-state index contributed by atoms with van der Waals surface area (Å²) in [5.41, 5.74) is 14.0. The van der Waals surface area contributed by atoms with Gasteiger partial charge in [0.15, 0.2) is 0 Å². The Bertz CT molecular complexity index is 3320. The number of aliphatic hydroxyl groups excluding tert-OH is 2. The van der Waals surface area contributed by atoms with Gasteiger partial charge in [-0.1, -0.05) is 128 Å². The quantitative estimate of drug-likeness (QED) is 0.0191. The zero-order chi connectivity index (χ0) is 70.9. The number of carbonyl (C=O) groups is 8. The molecule has 5 aliphatic carbocycles. The Kier molecular flexibility index (Phi) is 34.6. The Hall–Kier alpha value is -8.42. The molecule has 5 saturated carbocycles. The van der Waals surface area contributed by atoms with Gasteiger partial charge in [0, 0.05) is 90.0 Å². The molecule has 0 aromatic heterocycles. The van der Waals surface area contributed by atoms with Crippen LogP contribution in [0, 0.1) is 50.4 Å². The average molecular weight is 1370 g/mol. The van der Waals surface area contributed by atoms with E-state index in [9.17, 15) is 53.7 Å². The number of hydrogen-bond donors (Lipinski definition) is 11. The predicted octanol–water partition coefficient (Wildman–Crippen LogP) is 11.3. The van der Waals surface area contributed by atoms with Gasteiger partial charge in [-0.25, -0.2) is 0 Å². The number of carboxylic acids is 2. The Balaban J connectivity index is 0.000000261. The van der Waals surface area contributed by atoms with Gasteiger partial charge < -0.3 is 62.0 Å². The molecule has 0 aliphatic heterocycles. The largest absolute Gasteiger partial charge is 0.508 e. The molecule has 19 nitrogen and oxygen atoms in total. The fourth-order valence-corrected chi connectivity index (χ4v) is 13.2. The Morgan fingerprint density at radius 1 is 0.384 bits per heavy atom. The molecule has 0 unspecified atom stereocenters. The molecule has 11 N–H and O–H groups in total. The highest BCUT2D eigenvalue weighted by Crippen LogP contribution is 2.52. The number of aliphatic carboxylic acids is 2. The molecule has 5 aliphatic rings. The first kappa shape index (κ1) is 83.0. The zero-order valence-corrected chi connectivity index (χ0v) is 58.0. The molecular formula is C80H113N5O14. The van der Waals surface area contributed by atoms with Gasteiger partial charge in [-0.3, -0.25) is 33.6 Å². The molecule has 99 heavy (non-hydrogen) atoms. The molecule has 5 fully saturated rings. The molecular weight excluding hydrogens is 1250 g/mol. The lowest BCUT2D eigenvalue weighted by atomic mass is 9.95. The monoisotopic (exact) mass is 1370 g/mol. The van der Waals surface area contributed by atoms with Gasteiger partial charge in [0.25, 0.3) is 0 Å². The molecule has 0 bridgehead atoms. The van der Waals surface area contributed by atoms with Crippen molar-refractivity contribution in [3.8, 4) is 11.5 Å². The first-order valence-corrected chi connectivity index (χ1v) is 34.8. The number of aryl methyl sites for hydroxylation is 3. The van der Waals surface area contributed by atoms with E-state index in [1.54, 1.807) is 19.1 Å². The highest BCUT2D eigenvalue weighted by atomic mass is 16.4. The summed E-state index contributed by atoms with van der Waals surface area (Å²) in [7, 11) is 0. The van der Waals surface area contributed by atoms with Gasteiger partial charge in [0.2, 0.25) is 29.5 Å². The number of phenols is 2. The van der Waals surface area contributed by atoms with Crippen molar-refractivity contribution in [2.75, 3.05) is 45.9 Å². The number of carboxylic acid groups (broad SMARTS) is 2. The van der Waals surface area contributed by atoms with E-state index in [1.165, 1.54) is 39.4 Å². The number of aliphatic hydroxyl groups is 2. The predicted molar refractivity (Wildman–Crippen MR) is 388 cm³/mol. The number of aldehydes is 1. The summed E-state index contributed by atoms with van der Waals surface area (Å²) in [4.78, 5) is 88.9. The standard InChI is InChI=1S/C16H21NO3.C16H23NO2.C16H21NO2.C15H19NO4.C15H21NO3.2CH4/c1-3-15(18)17-9-11-7-14(11)12-6-4-5-10(2)13(12)8-16(19)20;2*1-3-16(19)17-10-12-9-15(12)14-6-4-5-11(2)13(14)7-8-18;1-2-14(18)16-8-9-6-11(9)10-4-3-5-13(17)12(10)7-15(19)20;1-2-15(19)16-9-10-8-13(10)11-4-3-5-14(18)12(11)6-7-17;;/h4-6,11,14H,3,7-9H2,1-2H3,(H,17,18)(H,19,20);4-6,12,15,18H,3,7-10H2,1-2H3,(H,17,19);4-6,8,12,15H,3,7,9-10H2,1-2H3,(H,17,19);3-5,9,11,17H,2,6-8H2,1H3,(H,16,18)(H,19,20);3-5,10,13,17-18H,2,6-9H2,1H3,(H,16,19);2*1H4/t11-,14+;2*12-,15+;9-,11+;10-,13+;;/m00000../s1. The van der Waals surface area contributed by atoms with Gasteiger partial charge in [-0.2, -0.15) is 0 Å². The smallest absolute Gasteiger partial charge is 0.307 e. The minimum absolute atomic E-state index is 0. The minimum atomic E-state index is -0.954. The second-order valence-electron chi connectivity index (χ2n) is 26.4. The number of benzene rings is 5. The van der Waals surface area contributed by atoms with E-state index < -0.39 is 11.9 Å². The number of nitrogens with one attached hydrogen (secondary N) is 5. The van der Waals surface area contributed by atoms with E-state index in [0.29, 0.717) is 123 Å². The third-order valence-corrected chi connectivity index (χ3v) is 19.4. The van der Waals surface area contributed by atoms with Gasteiger partial charge in [0.1, 0.15) is 17.8 Å². The second kappa shape index (κ2) is 41.2. The van der Waals surface area contributed by atoms with Gasteiger partial charge >= 0.3 is 11.9 Å². The minimum Gasteiger partial charge on any atom is -0.508 e. The van der Waals surface area contributed by atoms with Crippen LogP contribution in [-0.4, -0.2) is 124 Å². The van der Waals surface area contributed by atoms with Gasteiger partial charge in [0.05, 0.1) is 12.8 Å². The van der Waals surface area contributed by atoms with Crippen molar-refractivity contribution in [1.82, 2.24) is 26.6 Å². The zero-order valence-electron chi connectivity index (χ0n) is 58.0. The molecule has 0 saturated heterocycles. The average Bonchev–Trinajstić information content (AvgIpc) is 1.69. The molecule has 19 heteroatoms. The third-order valence-electron chi connectivity index (χ3n) is 19.4. The number of phenolic OH excluding ortho intramolecular Hbond substituents is 2. The van der Waals surface area contributed by atoms with Crippen molar-refractivity contribution in [2.45, 2.75) is 196 Å². The van der Waals surface area contributed by atoms with Crippen molar-refractivity contribution in [2.24, 2.45) is 29.6 Å². The van der Waals surface area contributed by atoms with Crippen LogP contribution in [0.3, 0.4) is 0 Å². The number of aromatic hydroxyl groups is 2. The van der Waals surface area contributed by atoms with E-state index >= 15 is 0 Å². The van der Waals surface area contributed by atoms with Crippen LogP contribution in [0.25, 0.3) is 0 Å². The molecule has 5 aromatic rings. The molecule has 10 rings (SSSR count). The van der Waals surface area contributed by atoms with Crippen molar-refractivity contribution in [1.29, 1.82) is 0 Å². The van der Waals surface area contributed by atoms with Crippen LogP contribution in [0.1, 0.15) is 216 Å². The summed E-state index contributed by atoms with van der Waals surface area (Å²) in [6.07, 6.45) is 10.4. The van der Waals surface area contributed by atoms with E-state index in [4.69, 9.17) is 15.3 Å². The highest BCUT2D eigenvalue weighted by Gasteiger charge is 2.43. The van der Waals surface area contributed by atoms with Crippen molar-refractivity contribution >= 4 is 47.8 Å². The number of carbonyl (C=O) groups excluding carboxylic acids is 6. The van der Waals surface area contributed by atoms with E-state index in [0.717, 1.165) is 91.3 Å². The van der Waals surface area contributed by atoms with E-state index in [-0.39, 0.29) is 87.9 Å². The molecule has 0 spiro atoms. The number of hydrogen-bond acceptors (Lipinski definition) is 12. The SMILES string of the molecule is C.C.CCC(=O)NC[C@@H]1C[C@H]1c1cccc(C)c1CC(=O)O.CCC(=O)NC[C@@H]1C[C@H]1c1cccc(C)c1CC=O.CCC(=O)NC[C@@H]1C[C@H]1c1cccc(C)c1CCO.CCC(=O)NC[C@@H]1C[C@H]1c1cccc(O)c1CC(=O)O.CCC(=O)NC[C@@H]1C[C@H]1c1cccc(O)c1CCO. The Morgan fingerprint density at radius 3 is 0.949 bits per heavy atom. The van der Waals surface area contributed by atoms with Crippen LogP contribution >= 0.6 is 0 Å². The van der Waals surface area contributed by atoms with E-state index in [1.807, 2.05) is 71.0 Å². The fourth-order valence-electron chi connectivity index (χ4n) is 13.2. The topological polar surface area (TPSA) is 318 Å². The third kappa shape index (κ3) is 25.7. The first-order valence-electron chi connectivity index (χ1n) is 34.8. The molecule has 10 atom stereocenters. The summed E-state index contributed by atoms with van der Waals surface area (Å²) in [6, 6.07) is 29.2. The molecule has 5 amide bonds. The first-order chi connectivity index (χ1) is 46.6. The Morgan fingerprint density at radius 2 is 0.636 bits per heavy atom. The highest BCUT2D eigenvalue weighted by molar-refractivity contribution is 5.78. The second-order valence-corrected chi connectivity index (χ2v) is 26.4. The van der Waals surface area contributed by atoms with Crippen LogP contribution in [0.5, 0.6) is 11.5 Å². The summed E-state index contributed by atoms with van der Waals surface area (Å²) in [6.45, 7) is 19.1. The van der Waals surface area contributed by atoms with Crippen molar-refractivity contribution in [3.63, 3.8) is 0 Å². The lowest BCUT2D eigenvalue weighted by Crippen LogP contribution is -2.24. The lowest BCUT2D eigenvalue weighted by molar-refractivity contribution is -0.137. The lowest BCUT2D eigenvalue weighted by Gasteiger charge is -2.12. The number of rotatable bonds is 30. The fraction of sp³-hybridized carbons (Fsp3) is 0.525. The maximum Gasteiger partial charge on any atom is 0.307 e. The number of amides is 5. The van der Waals surface area contributed by atoms with E-state index in [2.05, 4.69) is 76.8 Å². The maximum atomic E-state index is 11.3. The molecule has 0 heterocycles. The van der Waals surface area contributed by atoms with Crippen molar-refractivity contribution < 1.29 is 69.0 Å². The van der Waals surface area contributed by atoms with Crippen LogP contribution in [-0.2, 0) is 70.5 Å².